The van der Waals surface area contributed by atoms with E-state index in [-0.39, 0.29) is 17.3 Å². The minimum Gasteiger partial charge on any atom is -0.497 e. The third kappa shape index (κ3) is 7.05. The lowest BCUT2D eigenvalue weighted by molar-refractivity contribution is -0.140. The second kappa shape index (κ2) is 13.3. The fourth-order valence-corrected chi connectivity index (χ4v) is 5.54. The van der Waals surface area contributed by atoms with E-state index in [0.717, 1.165) is 9.87 Å². The summed E-state index contributed by atoms with van der Waals surface area (Å²) in [4.78, 5) is 28.3. The number of methoxy groups -OCH3 is 1. The highest BCUT2D eigenvalue weighted by atomic mass is 35.5. The molecule has 0 radical (unpaired) electrons. The van der Waals surface area contributed by atoms with E-state index in [2.05, 4.69) is 5.32 Å². The van der Waals surface area contributed by atoms with Crippen molar-refractivity contribution in [2.45, 2.75) is 37.8 Å². The monoisotopic (exact) mass is 557 g/mol. The normalized spacial score (nSPS) is 11.9. The van der Waals surface area contributed by atoms with Gasteiger partial charge >= 0.3 is 0 Å². The van der Waals surface area contributed by atoms with Crippen molar-refractivity contribution < 1.29 is 22.7 Å². The van der Waals surface area contributed by atoms with Crippen molar-refractivity contribution in [1.29, 1.82) is 0 Å². The van der Waals surface area contributed by atoms with Crippen molar-refractivity contribution in [1.82, 2.24) is 10.2 Å². The van der Waals surface area contributed by atoms with E-state index < -0.39 is 28.5 Å². The third-order valence-electron chi connectivity index (χ3n) is 5.97. The number of amides is 2. The molecule has 0 aliphatic rings. The number of likely N-dealkylation sites (N-methyl/N-ethyl adjacent to an activating group) is 1. The highest BCUT2D eigenvalue weighted by Crippen LogP contribution is 2.26. The highest BCUT2D eigenvalue weighted by Gasteiger charge is 2.33. The zero-order valence-corrected chi connectivity index (χ0v) is 23.2. The molecule has 0 aliphatic carbocycles. The first-order valence-electron chi connectivity index (χ1n) is 12.2. The van der Waals surface area contributed by atoms with Crippen LogP contribution in [0.2, 0.25) is 5.02 Å². The number of nitrogens with zero attached hydrogens (tertiary/aromatic N) is 2. The van der Waals surface area contributed by atoms with Gasteiger partial charge in [-0.05, 0) is 67.4 Å². The number of rotatable bonds is 12. The number of sulfonamides is 1. The number of benzene rings is 3. The molecule has 0 saturated carbocycles. The minimum atomic E-state index is -4.13. The molecule has 0 unspecified atom stereocenters. The number of carbonyl (C=O) groups excluding carboxylic acids is 2. The van der Waals surface area contributed by atoms with Crippen molar-refractivity contribution in [3.05, 3.63) is 89.4 Å². The first kappa shape index (κ1) is 29.0. The second-order valence-corrected chi connectivity index (χ2v) is 10.8. The molecule has 2 amide bonds. The van der Waals surface area contributed by atoms with Gasteiger partial charge < -0.3 is 15.0 Å². The van der Waals surface area contributed by atoms with Crippen LogP contribution < -0.4 is 14.4 Å². The van der Waals surface area contributed by atoms with Gasteiger partial charge in [0.1, 0.15) is 18.3 Å². The van der Waals surface area contributed by atoms with Crippen LogP contribution >= 0.6 is 11.6 Å². The zero-order chi connectivity index (χ0) is 27.7. The van der Waals surface area contributed by atoms with Crippen LogP contribution in [0, 0.1) is 0 Å². The number of carbonyl (C=O) groups is 2. The summed E-state index contributed by atoms with van der Waals surface area (Å²) in [5, 5.41) is 3.18. The van der Waals surface area contributed by atoms with Crippen molar-refractivity contribution in [2.75, 3.05) is 24.5 Å². The Kier molecular flexibility index (Phi) is 10.2. The molecule has 3 rings (SSSR count). The maximum Gasteiger partial charge on any atom is 0.264 e. The molecule has 0 spiro atoms. The largest absolute Gasteiger partial charge is 0.497 e. The molecule has 8 nitrogen and oxygen atoms in total. The summed E-state index contributed by atoms with van der Waals surface area (Å²) in [5.41, 5.74) is 1.10. The molecule has 1 N–H and O–H groups in total. The molecule has 38 heavy (non-hydrogen) atoms. The number of hydrogen-bond donors (Lipinski definition) is 1. The molecule has 3 aromatic rings. The van der Waals surface area contributed by atoms with E-state index in [1.807, 2.05) is 19.1 Å². The van der Waals surface area contributed by atoms with Gasteiger partial charge in [0.2, 0.25) is 11.8 Å². The molecule has 202 valence electrons. The van der Waals surface area contributed by atoms with Gasteiger partial charge in [0.25, 0.3) is 10.0 Å². The van der Waals surface area contributed by atoms with Crippen molar-refractivity contribution in [3.63, 3.8) is 0 Å². The van der Waals surface area contributed by atoms with Crippen LogP contribution in [0.5, 0.6) is 5.75 Å². The Labute approximate surface area is 229 Å². The lowest BCUT2D eigenvalue weighted by Gasteiger charge is -2.33. The molecule has 0 heterocycles. The number of para-hydroxylation sites is 1. The van der Waals surface area contributed by atoms with Gasteiger partial charge in [0.15, 0.2) is 0 Å². The topological polar surface area (TPSA) is 96.0 Å². The maximum atomic E-state index is 13.9. The Bertz CT molecular complexity index is 1320. The highest BCUT2D eigenvalue weighted by molar-refractivity contribution is 7.92. The Morgan fingerprint density at radius 3 is 2.13 bits per heavy atom. The van der Waals surface area contributed by atoms with Gasteiger partial charge in [-0.25, -0.2) is 8.42 Å². The molecule has 0 bridgehead atoms. The molecule has 1 atom stereocenters. The molecule has 0 aliphatic heterocycles. The van der Waals surface area contributed by atoms with E-state index in [9.17, 15) is 18.0 Å². The lowest BCUT2D eigenvalue weighted by Crippen LogP contribution is -2.52. The zero-order valence-electron chi connectivity index (χ0n) is 21.6. The van der Waals surface area contributed by atoms with Crippen LogP contribution in [0.1, 0.15) is 25.8 Å². The SMILES string of the molecule is CCNC(=O)[C@H](CC)N(Cc1ccc(OC)cc1)C(=O)CN(c1ccccc1)S(=O)(=O)c1ccc(Cl)cc1. The number of ether oxygens (including phenoxy) is 1. The summed E-state index contributed by atoms with van der Waals surface area (Å²) in [7, 11) is -2.57. The summed E-state index contributed by atoms with van der Waals surface area (Å²) in [6, 6.07) is 20.5. The smallest absolute Gasteiger partial charge is 0.264 e. The minimum absolute atomic E-state index is 0.00368. The van der Waals surface area contributed by atoms with Crippen LogP contribution in [0.15, 0.2) is 83.8 Å². The summed E-state index contributed by atoms with van der Waals surface area (Å²) in [6.45, 7) is 3.63. The first-order valence-corrected chi connectivity index (χ1v) is 14.1. The predicted octanol–water partition coefficient (Wildman–Crippen LogP) is 4.49. The van der Waals surface area contributed by atoms with Crippen LogP contribution in [0.25, 0.3) is 0 Å². The third-order valence-corrected chi connectivity index (χ3v) is 8.01. The average molecular weight is 558 g/mol. The Morgan fingerprint density at radius 1 is 0.947 bits per heavy atom. The second-order valence-electron chi connectivity index (χ2n) is 8.49. The Hall–Kier alpha value is -3.56. The number of nitrogens with one attached hydrogen (secondary N) is 1. The van der Waals surface area contributed by atoms with Crippen LogP contribution in [0.4, 0.5) is 5.69 Å². The molecular formula is C28H32ClN3O5S. The van der Waals surface area contributed by atoms with Crippen LogP contribution in [-0.2, 0) is 26.2 Å². The van der Waals surface area contributed by atoms with Crippen molar-refractivity contribution >= 4 is 39.1 Å². The van der Waals surface area contributed by atoms with Gasteiger partial charge in [0, 0.05) is 18.1 Å². The van der Waals surface area contributed by atoms with Crippen LogP contribution in [0.3, 0.4) is 0 Å². The van der Waals surface area contributed by atoms with Crippen molar-refractivity contribution in [3.8, 4) is 5.75 Å². The van der Waals surface area contributed by atoms with Gasteiger partial charge in [0.05, 0.1) is 17.7 Å². The quantitative estimate of drug-likeness (QED) is 0.354. The Balaban J connectivity index is 2.02. The number of hydrogen-bond acceptors (Lipinski definition) is 5. The average Bonchev–Trinajstić information content (AvgIpc) is 2.92. The summed E-state index contributed by atoms with van der Waals surface area (Å²) in [5.74, 6) is -0.157. The van der Waals surface area contributed by atoms with Gasteiger partial charge in [-0.2, -0.15) is 0 Å². The first-order chi connectivity index (χ1) is 18.2. The molecule has 0 saturated heterocycles. The van der Waals surface area contributed by atoms with Gasteiger partial charge in [-0.3, -0.25) is 13.9 Å². The summed E-state index contributed by atoms with van der Waals surface area (Å²) >= 11 is 5.97. The molecule has 0 aromatic heterocycles. The van der Waals surface area contributed by atoms with Gasteiger partial charge in [-0.1, -0.05) is 48.9 Å². The summed E-state index contributed by atoms with van der Waals surface area (Å²) in [6.07, 6.45) is 0.350. The standard InChI is InChI=1S/C28H32ClN3O5S/c1-4-26(28(34)30-5-2)31(19-21-11-15-24(37-3)16-12-21)27(33)20-32(23-9-7-6-8-10-23)38(35,36)25-17-13-22(29)14-18-25/h6-18,26H,4-5,19-20H2,1-3H3,(H,30,34)/t26-/m0/s1. The molecular weight excluding hydrogens is 526 g/mol. The lowest BCUT2D eigenvalue weighted by atomic mass is 10.1. The van der Waals surface area contributed by atoms with Crippen molar-refractivity contribution in [2.24, 2.45) is 0 Å². The maximum absolute atomic E-state index is 13.9. The predicted molar refractivity (Wildman–Crippen MR) is 149 cm³/mol. The van der Waals surface area contributed by atoms with E-state index in [4.69, 9.17) is 16.3 Å². The number of halogens is 1. The van der Waals surface area contributed by atoms with E-state index in [0.29, 0.717) is 29.4 Å². The molecule has 0 fully saturated rings. The van der Waals surface area contributed by atoms with E-state index >= 15 is 0 Å². The van der Waals surface area contributed by atoms with E-state index in [1.165, 1.54) is 29.2 Å². The molecule has 10 heteroatoms. The number of anilines is 1. The van der Waals surface area contributed by atoms with E-state index in [1.54, 1.807) is 56.5 Å². The molecule has 3 aromatic carbocycles. The fourth-order valence-electron chi connectivity index (χ4n) is 4.00. The van der Waals surface area contributed by atoms with Gasteiger partial charge in [-0.15, -0.1) is 0 Å². The Morgan fingerprint density at radius 2 is 1.58 bits per heavy atom. The summed E-state index contributed by atoms with van der Waals surface area (Å²) < 4.78 is 33.7. The van der Waals surface area contributed by atoms with Crippen LogP contribution in [-0.4, -0.2) is 51.4 Å². The fraction of sp³-hybridized carbons (Fsp3) is 0.286.